The smallest absolute Gasteiger partial charge is 0.256 e. The minimum absolute atomic E-state index is 0.254. The lowest BCUT2D eigenvalue weighted by molar-refractivity contribution is 0.102. The molecule has 9 heteroatoms. The molecule has 0 bridgehead atoms. The summed E-state index contributed by atoms with van der Waals surface area (Å²) in [5, 5.41) is 11.1. The first-order valence-electron chi connectivity index (χ1n) is 9.30. The highest BCUT2D eigenvalue weighted by atomic mass is 79.9. The zero-order chi connectivity index (χ0) is 21.8. The molecule has 4 aromatic rings. The van der Waals surface area contributed by atoms with E-state index >= 15 is 0 Å². The maximum atomic E-state index is 12.6. The Kier molecular flexibility index (Phi) is 5.94. The van der Waals surface area contributed by atoms with Crippen molar-refractivity contribution in [2.24, 2.45) is 0 Å². The van der Waals surface area contributed by atoms with Crippen LogP contribution in [0.2, 0.25) is 0 Å². The van der Waals surface area contributed by atoms with Gasteiger partial charge in [0.1, 0.15) is 17.3 Å². The van der Waals surface area contributed by atoms with Gasteiger partial charge in [0.15, 0.2) is 5.82 Å². The van der Waals surface area contributed by atoms with E-state index in [0.717, 1.165) is 5.82 Å². The second-order valence-electron chi connectivity index (χ2n) is 6.50. The Morgan fingerprint density at radius 1 is 1.03 bits per heavy atom. The van der Waals surface area contributed by atoms with Gasteiger partial charge in [-0.25, -0.2) is 4.98 Å². The molecule has 0 fully saturated rings. The Hall–Kier alpha value is -3.72. The molecule has 0 aliphatic carbocycles. The normalized spacial score (nSPS) is 10.5. The van der Waals surface area contributed by atoms with Crippen LogP contribution in [0.25, 0.3) is 5.82 Å². The third-order valence-electron chi connectivity index (χ3n) is 4.45. The number of hydrogen-bond donors (Lipinski definition) is 1. The number of nitrogens with zero attached hydrogens (tertiary/aromatic N) is 4. The number of anilines is 1. The molecular formula is C22H18BrN5O3. The third kappa shape index (κ3) is 4.72. The quantitative estimate of drug-likeness (QED) is 0.427. The lowest BCUT2D eigenvalue weighted by Crippen LogP contribution is -2.12. The predicted molar refractivity (Wildman–Crippen MR) is 119 cm³/mol. The molecule has 31 heavy (non-hydrogen) atoms. The number of amides is 1. The van der Waals surface area contributed by atoms with Gasteiger partial charge in [0.2, 0.25) is 5.88 Å². The fraction of sp³-hybridized carbons (Fsp3) is 0.0909. The molecule has 0 aliphatic rings. The topological polar surface area (TPSA) is 91.2 Å². The Morgan fingerprint density at radius 2 is 1.81 bits per heavy atom. The Labute approximate surface area is 187 Å². The monoisotopic (exact) mass is 479 g/mol. The van der Waals surface area contributed by atoms with Gasteiger partial charge in [-0.15, -0.1) is 10.2 Å². The summed E-state index contributed by atoms with van der Waals surface area (Å²) in [4.78, 5) is 16.7. The van der Waals surface area contributed by atoms with Crippen LogP contribution in [0.3, 0.4) is 0 Å². The van der Waals surface area contributed by atoms with Crippen LogP contribution in [0.15, 0.2) is 71.5 Å². The summed E-state index contributed by atoms with van der Waals surface area (Å²) >= 11 is 3.39. The summed E-state index contributed by atoms with van der Waals surface area (Å²) in [6, 6.07) is 15.7. The molecule has 2 heterocycles. The van der Waals surface area contributed by atoms with E-state index in [2.05, 4.69) is 36.4 Å². The number of halogens is 1. The Morgan fingerprint density at radius 3 is 2.45 bits per heavy atom. The SMILES string of the molecule is COc1ccc(Br)c(C(=O)Nc2ccc(Oc3ccc(-n4ccnc4C)nn3)cc2)c1. The van der Waals surface area contributed by atoms with Crippen molar-refractivity contribution in [2.45, 2.75) is 6.92 Å². The summed E-state index contributed by atoms with van der Waals surface area (Å²) in [5.74, 6) is 2.76. The minimum Gasteiger partial charge on any atom is -0.497 e. The number of ether oxygens (including phenoxy) is 2. The molecule has 0 atom stereocenters. The average molecular weight is 480 g/mol. The molecule has 2 aromatic carbocycles. The van der Waals surface area contributed by atoms with Crippen molar-refractivity contribution in [3.63, 3.8) is 0 Å². The summed E-state index contributed by atoms with van der Waals surface area (Å²) in [5.41, 5.74) is 1.10. The molecule has 0 unspecified atom stereocenters. The number of aryl methyl sites for hydroxylation is 1. The van der Waals surface area contributed by atoms with Crippen molar-refractivity contribution in [1.29, 1.82) is 0 Å². The maximum Gasteiger partial charge on any atom is 0.256 e. The second kappa shape index (κ2) is 8.97. The average Bonchev–Trinajstić information content (AvgIpc) is 3.22. The number of carbonyl (C=O) groups is 1. The van der Waals surface area contributed by atoms with Gasteiger partial charge >= 0.3 is 0 Å². The molecular weight excluding hydrogens is 462 g/mol. The van der Waals surface area contributed by atoms with Crippen LogP contribution < -0.4 is 14.8 Å². The van der Waals surface area contributed by atoms with Crippen molar-refractivity contribution in [2.75, 3.05) is 12.4 Å². The summed E-state index contributed by atoms with van der Waals surface area (Å²) < 4.78 is 13.4. The molecule has 0 saturated carbocycles. The fourth-order valence-corrected chi connectivity index (χ4v) is 3.27. The largest absolute Gasteiger partial charge is 0.497 e. The number of imidazole rings is 1. The van der Waals surface area contributed by atoms with Gasteiger partial charge in [-0.05, 0) is 71.4 Å². The molecule has 1 N–H and O–H groups in total. The van der Waals surface area contributed by atoms with E-state index in [1.54, 1.807) is 67.9 Å². The van der Waals surface area contributed by atoms with Crippen molar-refractivity contribution in [1.82, 2.24) is 19.7 Å². The number of methoxy groups -OCH3 is 1. The van der Waals surface area contributed by atoms with Gasteiger partial charge in [-0.2, -0.15) is 0 Å². The van der Waals surface area contributed by atoms with Crippen LogP contribution in [0.4, 0.5) is 5.69 Å². The Balaban J connectivity index is 1.41. The lowest BCUT2D eigenvalue weighted by atomic mass is 10.2. The summed E-state index contributed by atoms with van der Waals surface area (Å²) in [6.07, 6.45) is 3.52. The van der Waals surface area contributed by atoms with Crippen LogP contribution in [-0.2, 0) is 0 Å². The zero-order valence-corrected chi connectivity index (χ0v) is 18.3. The van der Waals surface area contributed by atoms with E-state index in [1.807, 2.05) is 17.7 Å². The van der Waals surface area contributed by atoms with E-state index in [9.17, 15) is 4.79 Å². The van der Waals surface area contributed by atoms with Crippen LogP contribution in [-0.4, -0.2) is 32.8 Å². The highest BCUT2D eigenvalue weighted by Gasteiger charge is 2.12. The molecule has 1 amide bonds. The summed E-state index contributed by atoms with van der Waals surface area (Å²) in [6.45, 7) is 1.89. The highest BCUT2D eigenvalue weighted by Crippen LogP contribution is 2.25. The molecule has 0 radical (unpaired) electrons. The van der Waals surface area contributed by atoms with Crippen molar-refractivity contribution in [3.05, 3.63) is 82.9 Å². The van der Waals surface area contributed by atoms with Gasteiger partial charge in [0.05, 0.1) is 12.7 Å². The molecule has 0 spiro atoms. The molecule has 0 saturated heterocycles. The van der Waals surface area contributed by atoms with Crippen LogP contribution >= 0.6 is 15.9 Å². The predicted octanol–water partition coefficient (Wildman–Crippen LogP) is 4.79. The summed E-state index contributed by atoms with van der Waals surface area (Å²) in [7, 11) is 1.56. The highest BCUT2D eigenvalue weighted by molar-refractivity contribution is 9.10. The first-order chi connectivity index (χ1) is 15.0. The van der Waals surface area contributed by atoms with Crippen LogP contribution in [0, 0.1) is 6.92 Å². The first-order valence-corrected chi connectivity index (χ1v) is 10.1. The van der Waals surface area contributed by atoms with Crippen LogP contribution in [0.1, 0.15) is 16.2 Å². The lowest BCUT2D eigenvalue weighted by Gasteiger charge is -2.10. The fourth-order valence-electron chi connectivity index (χ4n) is 2.85. The van der Waals surface area contributed by atoms with Crippen molar-refractivity contribution in [3.8, 4) is 23.2 Å². The first kappa shape index (κ1) is 20.5. The van der Waals surface area contributed by atoms with Gasteiger partial charge in [0.25, 0.3) is 5.91 Å². The Bertz CT molecular complexity index is 1210. The number of nitrogens with one attached hydrogen (secondary N) is 1. The number of benzene rings is 2. The van der Waals surface area contributed by atoms with Gasteiger partial charge in [-0.3, -0.25) is 9.36 Å². The number of aromatic nitrogens is 4. The number of hydrogen-bond acceptors (Lipinski definition) is 6. The van der Waals surface area contributed by atoms with Crippen LogP contribution in [0.5, 0.6) is 17.4 Å². The maximum absolute atomic E-state index is 12.6. The zero-order valence-electron chi connectivity index (χ0n) is 16.7. The van der Waals surface area contributed by atoms with E-state index in [4.69, 9.17) is 9.47 Å². The second-order valence-corrected chi connectivity index (χ2v) is 7.35. The standard InChI is InChI=1S/C22H18BrN5O3/c1-14-24-11-12-28(14)20-9-10-21(27-26-20)31-16-5-3-15(4-6-16)25-22(29)18-13-17(30-2)7-8-19(18)23/h3-13H,1-2H3,(H,25,29). The van der Waals surface area contributed by atoms with E-state index in [0.29, 0.717) is 38.9 Å². The minimum atomic E-state index is -0.254. The number of carbonyl (C=O) groups excluding carboxylic acids is 1. The van der Waals surface area contributed by atoms with E-state index in [1.165, 1.54) is 0 Å². The van der Waals surface area contributed by atoms with E-state index < -0.39 is 0 Å². The molecule has 4 rings (SSSR count). The molecule has 8 nitrogen and oxygen atoms in total. The van der Waals surface area contributed by atoms with Gasteiger partial charge in [-0.1, -0.05) is 0 Å². The molecule has 156 valence electrons. The molecule has 0 aliphatic heterocycles. The van der Waals surface area contributed by atoms with E-state index in [-0.39, 0.29) is 5.91 Å². The molecule has 2 aromatic heterocycles. The van der Waals surface area contributed by atoms with Crippen molar-refractivity contribution < 1.29 is 14.3 Å². The number of rotatable bonds is 6. The van der Waals surface area contributed by atoms with Gasteiger partial charge < -0.3 is 14.8 Å². The van der Waals surface area contributed by atoms with Crippen molar-refractivity contribution >= 4 is 27.5 Å². The third-order valence-corrected chi connectivity index (χ3v) is 5.14. The van der Waals surface area contributed by atoms with Gasteiger partial charge in [0, 0.05) is 28.6 Å².